The zero-order chi connectivity index (χ0) is 37.8. The number of aryl methyl sites for hydroxylation is 2. The Morgan fingerprint density at radius 1 is 0.536 bits per heavy atom. The van der Waals surface area contributed by atoms with Gasteiger partial charge in [0, 0.05) is 0 Å². The van der Waals surface area contributed by atoms with E-state index in [2.05, 4.69) is 207 Å². The van der Waals surface area contributed by atoms with Gasteiger partial charge in [0.15, 0.2) is 0 Å². The van der Waals surface area contributed by atoms with Crippen LogP contribution < -0.4 is 38.5 Å². The number of benzene rings is 6. The standard InChI is InChI=1S/C33H33.C14H14Si.C5H5.2ClH.Zr/c1-32(2,3)30-20-26-24(18-28(30)22-13-9-7-10-14-22)17-25-19-29(23-15-11-8-12-16-23)31(21-27(25)26)33(4,5)6;1-11-5-3-7-13(9-11)15-14-8-4-6-12(2)10-14;1-2-4-5-3-1;;;/h7-16,18,20-21H,17H2,1-6H3;3-10H,1-2H3;1-5H;2*1H;/q;;;;;+2/p-2. The van der Waals surface area contributed by atoms with E-state index in [9.17, 15) is 0 Å². The summed E-state index contributed by atoms with van der Waals surface area (Å²) in [5, 5.41) is 3.14. The Bertz CT molecular complexity index is 2440. The summed E-state index contributed by atoms with van der Waals surface area (Å²) in [6.45, 7) is 19.0. The maximum absolute atomic E-state index is 2.84. The zero-order valence-electron chi connectivity index (χ0n) is 34.0. The monoisotopic (exact) mass is 864 g/mol. The smallest absolute Gasteiger partial charge is 1.00 e. The zero-order valence-corrected chi connectivity index (χ0v) is 38.9. The van der Waals surface area contributed by atoms with Gasteiger partial charge in [0.2, 0.25) is 0 Å². The Hall–Kier alpha value is -3.52. The van der Waals surface area contributed by atoms with Crippen molar-refractivity contribution in [3.05, 3.63) is 185 Å². The topological polar surface area (TPSA) is 0 Å². The molecule has 6 aromatic rings. The molecule has 0 nitrogen and oxygen atoms in total. The van der Waals surface area contributed by atoms with Crippen LogP contribution in [0.15, 0.2) is 152 Å². The van der Waals surface area contributed by atoms with Crippen LogP contribution in [0.3, 0.4) is 0 Å². The van der Waals surface area contributed by atoms with E-state index in [1.807, 2.05) is 0 Å². The second-order valence-corrected chi connectivity index (χ2v) is 31.2. The minimum absolute atomic E-state index is 0. The van der Waals surface area contributed by atoms with Crippen molar-refractivity contribution < 1.29 is 45.2 Å². The van der Waals surface area contributed by atoms with Crippen LogP contribution in [0.4, 0.5) is 0 Å². The molecule has 6 aromatic carbocycles. The Balaban J connectivity index is 0.00000266. The van der Waals surface area contributed by atoms with Gasteiger partial charge in [0.05, 0.1) is 0 Å². The van der Waals surface area contributed by atoms with Crippen LogP contribution in [0, 0.1) is 13.8 Å². The molecular formula is C52H52Cl2SiZr. The fourth-order valence-corrected chi connectivity index (χ4v) is 30.6. The molecule has 8 rings (SSSR count). The first-order chi connectivity index (χ1) is 25.9. The van der Waals surface area contributed by atoms with Crippen molar-refractivity contribution in [2.24, 2.45) is 0 Å². The van der Waals surface area contributed by atoms with Crippen LogP contribution in [-0.2, 0) is 37.6 Å². The van der Waals surface area contributed by atoms with Crippen LogP contribution in [0.25, 0.3) is 33.4 Å². The average molecular weight is 867 g/mol. The Labute approximate surface area is 356 Å². The summed E-state index contributed by atoms with van der Waals surface area (Å²) in [5.41, 5.74) is 16.0. The molecule has 0 aromatic heterocycles. The summed E-state index contributed by atoms with van der Waals surface area (Å²) in [6.07, 6.45) is 10.8. The molecule has 0 saturated heterocycles. The van der Waals surface area contributed by atoms with Crippen molar-refractivity contribution in [2.45, 2.75) is 76.3 Å². The summed E-state index contributed by atoms with van der Waals surface area (Å²) in [6, 6.07) is 49.5. The summed E-state index contributed by atoms with van der Waals surface area (Å²) in [5.74, 6) is 0. The van der Waals surface area contributed by atoms with Crippen LogP contribution in [0.5, 0.6) is 0 Å². The molecule has 0 fully saturated rings. The maximum atomic E-state index is 2.63. The second-order valence-electron chi connectivity index (χ2n) is 17.5. The van der Waals surface area contributed by atoms with Gasteiger partial charge in [-0.3, -0.25) is 0 Å². The van der Waals surface area contributed by atoms with Gasteiger partial charge in [-0.05, 0) is 0 Å². The first kappa shape index (κ1) is 42.1. The Morgan fingerprint density at radius 2 is 1.05 bits per heavy atom. The van der Waals surface area contributed by atoms with E-state index in [4.69, 9.17) is 0 Å². The van der Waals surface area contributed by atoms with Gasteiger partial charge in [-0.2, -0.15) is 0 Å². The van der Waals surface area contributed by atoms with Crippen molar-refractivity contribution in [1.29, 1.82) is 0 Å². The van der Waals surface area contributed by atoms with Gasteiger partial charge in [-0.1, -0.05) is 0 Å². The third-order valence-corrected chi connectivity index (χ3v) is 30.6. The van der Waals surface area contributed by atoms with Gasteiger partial charge in [0.1, 0.15) is 0 Å². The van der Waals surface area contributed by atoms with Crippen LogP contribution in [-0.4, -0.2) is 5.43 Å². The molecule has 0 bridgehead atoms. The van der Waals surface area contributed by atoms with Crippen LogP contribution >= 0.6 is 0 Å². The molecule has 0 unspecified atom stereocenters. The molecule has 56 heavy (non-hydrogen) atoms. The van der Waals surface area contributed by atoms with Crippen molar-refractivity contribution in [3.8, 4) is 33.4 Å². The van der Waals surface area contributed by atoms with Gasteiger partial charge >= 0.3 is 334 Å². The molecule has 0 aliphatic heterocycles. The number of hydrogen-bond acceptors (Lipinski definition) is 0. The number of rotatable bonds is 6. The van der Waals surface area contributed by atoms with Crippen molar-refractivity contribution >= 4 is 19.1 Å². The molecule has 0 heterocycles. The van der Waals surface area contributed by atoms with E-state index in [0.29, 0.717) is 3.63 Å². The number of hydrogen-bond donors (Lipinski definition) is 0. The SMILES string of the molecule is Cc1cccc([Si](c2cccc(C)c2)=[Zr+2]([c]2c3c(cc(C(C)(C)C)c2-c2ccccc2)-c2cc(C(C)(C)C)c(-c4ccccc4)cc2C3)[CH]2C=CC=C2)c1.[Cl-].[Cl-]. The molecule has 282 valence electrons. The number of fused-ring (bicyclic) bond motifs is 3. The quantitative estimate of drug-likeness (QED) is 0.187. The molecule has 0 saturated carbocycles. The summed E-state index contributed by atoms with van der Waals surface area (Å²) in [4.78, 5) is 0. The summed E-state index contributed by atoms with van der Waals surface area (Å²) in [7, 11) is 0. The van der Waals surface area contributed by atoms with E-state index >= 15 is 0 Å². The third-order valence-electron chi connectivity index (χ3n) is 11.3. The third kappa shape index (κ3) is 8.11. The normalized spacial score (nSPS) is 13.0. The molecule has 0 spiro atoms. The number of allylic oxidation sites excluding steroid dienone is 4. The minimum atomic E-state index is -2.84. The largest absolute Gasteiger partial charge is 1.00 e. The Kier molecular flexibility index (Phi) is 12.6. The van der Waals surface area contributed by atoms with E-state index in [1.54, 1.807) is 19.2 Å². The summed E-state index contributed by atoms with van der Waals surface area (Å²) < 4.78 is 2.22. The predicted molar refractivity (Wildman–Crippen MR) is 232 cm³/mol. The molecule has 0 atom stereocenters. The van der Waals surface area contributed by atoms with E-state index < -0.39 is 25.8 Å². The average Bonchev–Trinajstić information content (AvgIpc) is 3.81. The van der Waals surface area contributed by atoms with Crippen molar-refractivity contribution in [1.82, 2.24) is 0 Å². The molecule has 0 N–H and O–H groups in total. The Morgan fingerprint density at radius 3 is 1.57 bits per heavy atom. The minimum Gasteiger partial charge on any atom is -1.00 e. The first-order valence-corrected chi connectivity index (χ1v) is 27.4. The summed E-state index contributed by atoms with van der Waals surface area (Å²) >= 11 is -2.84. The molecule has 2 aliphatic carbocycles. The molecule has 4 heteroatoms. The van der Waals surface area contributed by atoms with Crippen LogP contribution in [0.2, 0.25) is 3.63 Å². The maximum Gasteiger partial charge on any atom is -1.00 e. The molecule has 0 amide bonds. The van der Waals surface area contributed by atoms with Gasteiger partial charge in [0.25, 0.3) is 0 Å². The van der Waals surface area contributed by atoms with E-state index in [1.165, 1.54) is 61.2 Å². The molecular weight excluding hydrogens is 815 g/mol. The van der Waals surface area contributed by atoms with Crippen LogP contribution in [0.1, 0.15) is 74.9 Å². The van der Waals surface area contributed by atoms with Crippen molar-refractivity contribution in [2.75, 3.05) is 0 Å². The van der Waals surface area contributed by atoms with E-state index in [0.717, 1.165) is 6.42 Å². The number of halogens is 2. The predicted octanol–water partition coefficient (Wildman–Crippen LogP) is 5.78. The molecule has 2 aliphatic rings. The fraction of sp³-hybridized carbons (Fsp3) is 0.231. The first-order valence-electron chi connectivity index (χ1n) is 19.6. The molecule has 0 radical (unpaired) electrons. The van der Waals surface area contributed by atoms with Gasteiger partial charge in [-0.15, -0.1) is 0 Å². The van der Waals surface area contributed by atoms with E-state index in [-0.39, 0.29) is 35.6 Å². The van der Waals surface area contributed by atoms with Gasteiger partial charge < -0.3 is 24.8 Å². The van der Waals surface area contributed by atoms with Crippen molar-refractivity contribution in [3.63, 3.8) is 0 Å². The second kappa shape index (κ2) is 16.8. The van der Waals surface area contributed by atoms with Gasteiger partial charge in [-0.25, -0.2) is 0 Å². The fourth-order valence-electron chi connectivity index (χ4n) is 8.81.